The second-order valence-corrected chi connectivity index (χ2v) is 13.4. The van der Waals surface area contributed by atoms with Crippen LogP contribution in [0.4, 0.5) is 0 Å². The molecular weight excluding hydrogens is 364 g/mol. The van der Waals surface area contributed by atoms with E-state index >= 15 is 0 Å². The molecule has 0 spiro atoms. The van der Waals surface area contributed by atoms with E-state index in [4.69, 9.17) is 13.9 Å². The Hall–Kier alpha value is -2.46. The molecule has 0 atom stereocenters. The van der Waals surface area contributed by atoms with Gasteiger partial charge in [0.25, 0.3) is 0 Å². The van der Waals surface area contributed by atoms with Gasteiger partial charge < -0.3 is 13.9 Å². The molecule has 4 heteroatoms. The second-order valence-electron chi connectivity index (χ2n) is 8.69. The zero-order valence-electron chi connectivity index (χ0n) is 17.9. The van der Waals surface area contributed by atoms with Crippen molar-refractivity contribution >= 4 is 19.1 Å². The predicted octanol–water partition coefficient (Wildman–Crippen LogP) is 6.91. The minimum absolute atomic E-state index is 0.178. The zero-order chi connectivity index (χ0) is 20.5. The van der Waals surface area contributed by atoms with E-state index in [-0.39, 0.29) is 5.04 Å². The van der Waals surface area contributed by atoms with Gasteiger partial charge in [-0.05, 0) is 70.4 Å². The first-order chi connectivity index (χ1) is 13.1. The molecule has 0 fully saturated rings. The van der Waals surface area contributed by atoms with Crippen molar-refractivity contribution in [2.75, 3.05) is 14.2 Å². The molecule has 0 saturated heterocycles. The quantitative estimate of drug-likeness (QED) is 0.440. The fraction of sp³-hybridized carbons (Fsp3) is 0.333. The van der Waals surface area contributed by atoms with Crippen LogP contribution >= 0.6 is 0 Å². The van der Waals surface area contributed by atoms with Gasteiger partial charge in [0, 0.05) is 6.07 Å². The maximum Gasteiger partial charge on any atom is 0.250 e. The van der Waals surface area contributed by atoms with Crippen molar-refractivity contribution < 1.29 is 13.9 Å². The van der Waals surface area contributed by atoms with Crippen LogP contribution in [0.3, 0.4) is 0 Å². The van der Waals surface area contributed by atoms with Gasteiger partial charge in [-0.3, -0.25) is 0 Å². The molecule has 0 aliphatic heterocycles. The number of methoxy groups -OCH3 is 2. The van der Waals surface area contributed by atoms with Crippen LogP contribution in [0.15, 0.2) is 54.6 Å². The van der Waals surface area contributed by atoms with E-state index in [1.165, 1.54) is 10.8 Å². The van der Waals surface area contributed by atoms with Crippen molar-refractivity contribution in [2.45, 2.75) is 38.9 Å². The van der Waals surface area contributed by atoms with E-state index < -0.39 is 8.32 Å². The Kier molecular flexibility index (Phi) is 5.44. The van der Waals surface area contributed by atoms with Crippen LogP contribution in [0.1, 0.15) is 20.8 Å². The summed E-state index contributed by atoms with van der Waals surface area (Å²) in [6.45, 7) is 11.3. The molecule has 3 aromatic carbocycles. The van der Waals surface area contributed by atoms with Gasteiger partial charge >= 0.3 is 0 Å². The highest BCUT2D eigenvalue weighted by Crippen LogP contribution is 2.38. The van der Waals surface area contributed by atoms with Crippen LogP contribution in [0.2, 0.25) is 18.1 Å². The monoisotopic (exact) mass is 394 g/mol. The Morgan fingerprint density at radius 1 is 0.643 bits per heavy atom. The molecular formula is C24H30O3Si. The Bertz CT molecular complexity index is 965. The van der Waals surface area contributed by atoms with Crippen molar-refractivity contribution in [3.63, 3.8) is 0 Å². The molecule has 0 aliphatic carbocycles. The SMILES string of the molecule is COc1cc(OC)cc(-c2ccc3cc(O[Si](C)(C)C(C)(C)C)ccc3c2)c1. The van der Waals surface area contributed by atoms with Gasteiger partial charge in [-0.1, -0.05) is 39.0 Å². The third-order valence-electron chi connectivity index (χ3n) is 5.68. The Balaban J connectivity index is 1.96. The van der Waals surface area contributed by atoms with E-state index in [0.717, 1.165) is 28.4 Å². The highest BCUT2D eigenvalue weighted by molar-refractivity contribution is 6.74. The molecule has 0 aromatic heterocycles. The van der Waals surface area contributed by atoms with Crippen molar-refractivity contribution in [1.29, 1.82) is 0 Å². The molecule has 28 heavy (non-hydrogen) atoms. The number of hydrogen-bond donors (Lipinski definition) is 0. The maximum atomic E-state index is 6.46. The van der Waals surface area contributed by atoms with Crippen molar-refractivity contribution in [3.8, 4) is 28.4 Å². The minimum atomic E-state index is -1.85. The maximum absolute atomic E-state index is 6.46. The van der Waals surface area contributed by atoms with Crippen molar-refractivity contribution in [2.24, 2.45) is 0 Å². The fourth-order valence-corrected chi connectivity index (χ4v) is 3.91. The second kappa shape index (κ2) is 7.51. The van der Waals surface area contributed by atoms with Crippen molar-refractivity contribution in [3.05, 3.63) is 54.6 Å². The third-order valence-corrected chi connectivity index (χ3v) is 10.0. The summed E-state index contributed by atoms with van der Waals surface area (Å²) in [5.41, 5.74) is 2.20. The lowest BCUT2D eigenvalue weighted by molar-refractivity contribution is 0.394. The van der Waals surface area contributed by atoms with Crippen LogP contribution in [-0.2, 0) is 0 Å². The predicted molar refractivity (Wildman–Crippen MR) is 120 cm³/mol. The zero-order valence-corrected chi connectivity index (χ0v) is 18.9. The molecule has 0 heterocycles. The normalized spacial score (nSPS) is 12.1. The molecule has 0 bridgehead atoms. The van der Waals surface area contributed by atoms with Crippen LogP contribution in [0.25, 0.3) is 21.9 Å². The standard InChI is InChI=1S/C24H30O3Si/c1-24(2,3)28(6,7)27-21-11-10-17-12-18(8-9-19(17)13-21)20-14-22(25-4)16-23(15-20)26-5/h8-16H,1-7H3. The average molecular weight is 395 g/mol. The number of benzene rings is 3. The Morgan fingerprint density at radius 2 is 1.21 bits per heavy atom. The molecule has 0 aliphatic rings. The van der Waals surface area contributed by atoms with Gasteiger partial charge in [-0.25, -0.2) is 0 Å². The lowest BCUT2D eigenvalue weighted by Crippen LogP contribution is -2.43. The van der Waals surface area contributed by atoms with E-state index in [0.29, 0.717) is 0 Å². The molecule has 0 saturated carbocycles. The summed E-state index contributed by atoms with van der Waals surface area (Å²) >= 11 is 0. The van der Waals surface area contributed by atoms with Crippen LogP contribution in [-0.4, -0.2) is 22.5 Å². The number of hydrogen-bond acceptors (Lipinski definition) is 3. The summed E-state index contributed by atoms with van der Waals surface area (Å²) in [5, 5.41) is 2.54. The largest absolute Gasteiger partial charge is 0.543 e. The molecule has 0 radical (unpaired) electrons. The number of rotatable bonds is 5. The van der Waals surface area contributed by atoms with Gasteiger partial charge in [-0.15, -0.1) is 0 Å². The van der Waals surface area contributed by atoms with Gasteiger partial charge in [0.1, 0.15) is 17.2 Å². The molecule has 148 valence electrons. The summed E-state index contributed by atoms with van der Waals surface area (Å²) in [7, 11) is 1.49. The summed E-state index contributed by atoms with van der Waals surface area (Å²) in [6, 6.07) is 18.8. The van der Waals surface area contributed by atoms with Crippen LogP contribution in [0, 0.1) is 0 Å². The van der Waals surface area contributed by atoms with E-state index in [1.807, 2.05) is 18.2 Å². The topological polar surface area (TPSA) is 27.7 Å². The highest BCUT2D eigenvalue weighted by Gasteiger charge is 2.38. The first kappa shape index (κ1) is 20.3. The Labute approximate surface area is 169 Å². The third kappa shape index (κ3) is 4.17. The summed E-state index contributed by atoms with van der Waals surface area (Å²) < 4.78 is 17.3. The van der Waals surface area contributed by atoms with Gasteiger partial charge in [0.2, 0.25) is 8.32 Å². The number of fused-ring (bicyclic) bond motifs is 1. The smallest absolute Gasteiger partial charge is 0.250 e. The van der Waals surface area contributed by atoms with E-state index in [2.05, 4.69) is 70.3 Å². The average Bonchev–Trinajstić information content (AvgIpc) is 2.65. The molecule has 0 amide bonds. The molecule has 3 rings (SSSR count). The van der Waals surface area contributed by atoms with Gasteiger partial charge in [0.15, 0.2) is 0 Å². The summed E-state index contributed by atoms with van der Waals surface area (Å²) in [6.07, 6.45) is 0. The van der Waals surface area contributed by atoms with E-state index in [1.54, 1.807) is 14.2 Å². The molecule has 3 aromatic rings. The fourth-order valence-electron chi connectivity index (χ4n) is 2.89. The Morgan fingerprint density at radius 3 is 1.79 bits per heavy atom. The summed E-state index contributed by atoms with van der Waals surface area (Å²) in [5.74, 6) is 2.52. The molecule has 0 N–H and O–H groups in total. The van der Waals surface area contributed by atoms with E-state index in [9.17, 15) is 0 Å². The number of ether oxygens (including phenoxy) is 2. The highest BCUT2D eigenvalue weighted by atomic mass is 28.4. The van der Waals surface area contributed by atoms with Crippen LogP contribution in [0.5, 0.6) is 17.2 Å². The first-order valence-electron chi connectivity index (χ1n) is 9.59. The molecule has 0 unspecified atom stereocenters. The molecule has 3 nitrogen and oxygen atoms in total. The summed E-state index contributed by atoms with van der Waals surface area (Å²) in [4.78, 5) is 0. The lowest BCUT2D eigenvalue weighted by Gasteiger charge is -2.36. The van der Waals surface area contributed by atoms with Gasteiger partial charge in [0.05, 0.1) is 14.2 Å². The van der Waals surface area contributed by atoms with Crippen LogP contribution < -0.4 is 13.9 Å². The minimum Gasteiger partial charge on any atom is -0.543 e. The van der Waals surface area contributed by atoms with Gasteiger partial charge in [-0.2, -0.15) is 0 Å². The van der Waals surface area contributed by atoms with Crippen molar-refractivity contribution in [1.82, 2.24) is 0 Å². The first-order valence-corrected chi connectivity index (χ1v) is 12.5. The lowest BCUT2D eigenvalue weighted by atomic mass is 10.0.